The van der Waals surface area contributed by atoms with Crippen LogP contribution in [0.2, 0.25) is 0 Å². The third-order valence-electron chi connectivity index (χ3n) is 5.23. The van der Waals surface area contributed by atoms with Crippen molar-refractivity contribution in [2.45, 2.75) is 90.2 Å². The van der Waals surface area contributed by atoms with E-state index in [0.717, 1.165) is 0 Å². The fraction of sp³-hybridized carbons (Fsp3) is 0.652. The van der Waals surface area contributed by atoms with Gasteiger partial charge in [-0.1, -0.05) is 26.8 Å². The number of ether oxygens (including phenoxy) is 1. The van der Waals surface area contributed by atoms with Crippen LogP contribution in [0.4, 0.5) is 23.7 Å². The maximum atomic E-state index is 14.5. The second-order valence-electron chi connectivity index (χ2n) is 10.3. The Balaban J connectivity index is 2.19. The molecule has 0 spiro atoms. The maximum absolute atomic E-state index is 14.5. The monoisotopic (exact) mass is 442 g/mol. The van der Waals surface area contributed by atoms with E-state index in [0.29, 0.717) is 5.56 Å². The van der Waals surface area contributed by atoms with Crippen molar-refractivity contribution >= 4 is 17.7 Å². The summed E-state index contributed by atoms with van der Waals surface area (Å²) in [6.45, 7) is 10.7. The summed E-state index contributed by atoms with van der Waals surface area (Å²) in [4.78, 5) is 25.3. The van der Waals surface area contributed by atoms with Gasteiger partial charge in [0.1, 0.15) is 17.5 Å². The predicted molar refractivity (Wildman–Crippen MR) is 114 cm³/mol. The Labute approximate surface area is 182 Å². The van der Waals surface area contributed by atoms with E-state index in [2.05, 4.69) is 10.6 Å². The maximum Gasteiger partial charge on any atom is 0.408 e. The van der Waals surface area contributed by atoms with E-state index in [-0.39, 0.29) is 31.4 Å². The molecule has 0 aromatic heterocycles. The number of carbonyl (C=O) groups excluding carboxylic acids is 2. The summed E-state index contributed by atoms with van der Waals surface area (Å²) in [7, 11) is 0. The highest BCUT2D eigenvalue weighted by molar-refractivity contribution is 5.96. The van der Waals surface area contributed by atoms with Crippen LogP contribution in [0.15, 0.2) is 18.2 Å². The molecule has 5 nitrogen and oxygen atoms in total. The van der Waals surface area contributed by atoms with Gasteiger partial charge >= 0.3 is 6.09 Å². The van der Waals surface area contributed by atoms with Gasteiger partial charge in [0, 0.05) is 18.5 Å². The van der Waals surface area contributed by atoms with E-state index >= 15 is 0 Å². The zero-order chi connectivity index (χ0) is 23.6. The summed E-state index contributed by atoms with van der Waals surface area (Å²) in [6, 6.07) is 3.33. The van der Waals surface area contributed by atoms with E-state index in [1.807, 2.05) is 20.8 Å². The fourth-order valence-corrected chi connectivity index (χ4v) is 3.65. The first-order chi connectivity index (χ1) is 14.1. The Morgan fingerprint density at radius 1 is 1.10 bits per heavy atom. The van der Waals surface area contributed by atoms with Crippen molar-refractivity contribution in [3.05, 3.63) is 29.6 Å². The van der Waals surface area contributed by atoms with Crippen LogP contribution in [-0.4, -0.2) is 29.6 Å². The molecule has 1 aliphatic carbocycles. The molecule has 1 saturated carbocycles. The SMILES string of the molecule is CC(C)(C)OC(=O)N[C@@H](C(=O)Nc1ccc(C(C)(C)C)c(F)c1)C1CCC(F)(F)CC1. The highest BCUT2D eigenvalue weighted by Gasteiger charge is 2.40. The highest BCUT2D eigenvalue weighted by Crippen LogP contribution is 2.38. The minimum atomic E-state index is -2.77. The lowest BCUT2D eigenvalue weighted by atomic mass is 9.81. The summed E-state index contributed by atoms with van der Waals surface area (Å²) in [5.41, 5.74) is -0.451. The normalized spacial score (nSPS) is 18.2. The third-order valence-corrected chi connectivity index (χ3v) is 5.23. The van der Waals surface area contributed by atoms with Gasteiger partial charge in [-0.05, 0) is 62.6 Å². The number of rotatable bonds is 4. The Hall–Kier alpha value is -2.25. The van der Waals surface area contributed by atoms with Crippen LogP contribution >= 0.6 is 0 Å². The molecule has 2 N–H and O–H groups in total. The molecule has 0 aliphatic heterocycles. The molecule has 0 unspecified atom stereocenters. The van der Waals surface area contributed by atoms with Crippen LogP contribution in [0.3, 0.4) is 0 Å². The predicted octanol–water partition coefficient (Wildman–Crippen LogP) is 5.78. The van der Waals surface area contributed by atoms with Crippen LogP contribution in [0.5, 0.6) is 0 Å². The largest absolute Gasteiger partial charge is 0.444 e. The van der Waals surface area contributed by atoms with Crippen molar-refractivity contribution in [2.24, 2.45) is 5.92 Å². The van der Waals surface area contributed by atoms with Gasteiger partial charge in [-0.25, -0.2) is 18.0 Å². The minimum Gasteiger partial charge on any atom is -0.444 e. The van der Waals surface area contributed by atoms with E-state index in [9.17, 15) is 22.8 Å². The first kappa shape index (κ1) is 25.0. The molecule has 1 aromatic rings. The van der Waals surface area contributed by atoms with Gasteiger partial charge in [0.15, 0.2) is 0 Å². The molecular weight excluding hydrogens is 409 g/mol. The summed E-state index contributed by atoms with van der Waals surface area (Å²) in [6.07, 6.45) is -1.35. The number of halogens is 3. The van der Waals surface area contributed by atoms with E-state index < -0.39 is 46.7 Å². The molecule has 0 radical (unpaired) electrons. The summed E-state index contributed by atoms with van der Waals surface area (Å²) in [5, 5.41) is 5.14. The molecule has 31 heavy (non-hydrogen) atoms. The lowest BCUT2D eigenvalue weighted by molar-refractivity contribution is -0.121. The van der Waals surface area contributed by atoms with Crippen molar-refractivity contribution < 1.29 is 27.5 Å². The zero-order valence-corrected chi connectivity index (χ0v) is 19.1. The molecular formula is C23H33F3N2O3. The number of alkyl carbamates (subject to hydrolysis) is 1. The number of anilines is 1. The van der Waals surface area contributed by atoms with Crippen LogP contribution in [0, 0.1) is 11.7 Å². The summed E-state index contributed by atoms with van der Waals surface area (Å²) < 4.78 is 46.9. The number of nitrogens with one attached hydrogen (secondary N) is 2. The highest BCUT2D eigenvalue weighted by atomic mass is 19.3. The second kappa shape index (κ2) is 9.09. The van der Waals surface area contributed by atoms with Crippen LogP contribution in [0.1, 0.15) is 72.8 Å². The van der Waals surface area contributed by atoms with Gasteiger partial charge in [0.2, 0.25) is 11.8 Å². The Kier molecular flexibility index (Phi) is 7.33. The molecule has 0 heterocycles. The van der Waals surface area contributed by atoms with Crippen molar-refractivity contribution in [3.8, 4) is 0 Å². The number of amides is 2. The van der Waals surface area contributed by atoms with E-state index in [1.165, 1.54) is 6.07 Å². The average Bonchev–Trinajstić information content (AvgIpc) is 2.57. The average molecular weight is 443 g/mol. The number of alkyl halides is 2. The first-order valence-corrected chi connectivity index (χ1v) is 10.6. The minimum absolute atomic E-state index is 0.0816. The van der Waals surface area contributed by atoms with Crippen molar-refractivity contribution in [2.75, 3.05) is 5.32 Å². The lowest BCUT2D eigenvalue weighted by Gasteiger charge is -2.33. The standard InChI is InChI=1S/C23H33F3N2O3/c1-21(2,3)16-8-7-15(13-17(16)24)27-19(29)18(28-20(30)31-22(4,5)6)14-9-11-23(25,26)12-10-14/h7-8,13-14,18H,9-12H2,1-6H3,(H,27,29)(H,28,30)/t18-/m1/s1. The molecule has 8 heteroatoms. The van der Waals surface area contributed by atoms with Gasteiger partial charge in [0.25, 0.3) is 0 Å². The number of benzene rings is 1. The Morgan fingerprint density at radius 2 is 1.68 bits per heavy atom. The molecule has 1 aliphatic rings. The Morgan fingerprint density at radius 3 is 2.16 bits per heavy atom. The Bertz CT molecular complexity index is 803. The third kappa shape index (κ3) is 7.43. The number of hydrogen-bond donors (Lipinski definition) is 2. The number of hydrogen-bond acceptors (Lipinski definition) is 3. The fourth-order valence-electron chi connectivity index (χ4n) is 3.65. The van der Waals surface area contributed by atoms with Crippen molar-refractivity contribution in [3.63, 3.8) is 0 Å². The topological polar surface area (TPSA) is 67.4 Å². The molecule has 1 atom stereocenters. The van der Waals surface area contributed by atoms with Crippen LogP contribution in [0.25, 0.3) is 0 Å². The van der Waals surface area contributed by atoms with Gasteiger partial charge in [-0.3, -0.25) is 4.79 Å². The molecule has 1 aromatic carbocycles. The lowest BCUT2D eigenvalue weighted by Crippen LogP contribution is -2.51. The van der Waals surface area contributed by atoms with E-state index in [1.54, 1.807) is 32.9 Å². The first-order valence-electron chi connectivity index (χ1n) is 10.6. The van der Waals surface area contributed by atoms with Crippen molar-refractivity contribution in [1.29, 1.82) is 0 Å². The number of carbonyl (C=O) groups is 2. The molecule has 2 rings (SSSR count). The molecule has 2 amide bonds. The van der Waals surface area contributed by atoms with Crippen LogP contribution in [-0.2, 0) is 14.9 Å². The summed E-state index contributed by atoms with van der Waals surface area (Å²) >= 11 is 0. The molecule has 1 fully saturated rings. The molecule has 0 bridgehead atoms. The molecule has 174 valence electrons. The van der Waals surface area contributed by atoms with Crippen LogP contribution < -0.4 is 10.6 Å². The van der Waals surface area contributed by atoms with Gasteiger partial charge < -0.3 is 15.4 Å². The quantitative estimate of drug-likeness (QED) is 0.621. The summed E-state index contributed by atoms with van der Waals surface area (Å²) in [5.74, 6) is -4.30. The zero-order valence-electron chi connectivity index (χ0n) is 19.1. The van der Waals surface area contributed by atoms with Gasteiger partial charge in [-0.15, -0.1) is 0 Å². The van der Waals surface area contributed by atoms with Gasteiger partial charge in [0.05, 0.1) is 0 Å². The van der Waals surface area contributed by atoms with Crippen molar-refractivity contribution in [1.82, 2.24) is 5.32 Å². The van der Waals surface area contributed by atoms with Gasteiger partial charge in [-0.2, -0.15) is 0 Å². The second-order valence-corrected chi connectivity index (χ2v) is 10.3. The smallest absolute Gasteiger partial charge is 0.408 e. The van der Waals surface area contributed by atoms with E-state index in [4.69, 9.17) is 4.74 Å². The molecule has 0 saturated heterocycles.